The molecule has 3 aliphatic carbocycles. The van der Waals surface area contributed by atoms with Gasteiger partial charge in [0.15, 0.2) is 5.58 Å². The quantitative estimate of drug-likeness (QED) is 0.185. The van der Waals surface area contributed by atoms with E-state index in [-0.39, 0.29) is 10.8 Å². The van der Waals surface area contributed by atoms with E-state index < -0.39 is 0 Å². The van der Waals surface area contributed by atoms with Crippen LogP contribution in [0.4, 0.5) is 17.1 Å². The first-order valence-electron chi connectivity index (χ1n) is 18.8. The minimum atomic E-state index is -0.0810. The Balaban J connectivity index is 1.10. The van der Waals surface area contributed by atoms with Crippen molar-refractivity contribution in [3.05, 3.63) is 174 Å². The number of rotatable bonds is 4. The maximum atomic E-state index is 6.70. The third kappa shape index (κ3) is 4.01. The van der Waals surface area contributed by atoms with Gasteiger partial charge in [-0.2, -0.15) is 0 Å². The van der Waals surface area contributed by atoms with Crippen molar-refractivity contribution in [3.8, 4) is 33.4 Å². The van der Waals surface area contributed by atoms with E-state index in [0.717, 1.165) is 39.0 Å². The number of nitrogens with zero attached hydrogens (tertiary/aromatic N) is 1. The average molecular weight is 670 g/mol. The molecule has 1 aromatic heterocycles. The van der Waals surface area contributed by atoms with Gasteiger partial charge in [0.05, 0.1) is 5.69 Å². The molecule has 0 N–H and O–H groups in total. The zero-order valence-electron chi connectivity index (χ0n) is 29.6. The van der Waals surface area contributed by atoms with E-state index in [4.69, 9.17) is 4.42 Å². The van der Waals surface area contributed by atoms with E-state index >= 15 is 0 Å². The lowest BCUT2D eigenvalue weighted by Crippen LogP contribution is -2.21. The molecule has 0 saturated heterocycles. The molecule has 250 valence electrons. The largest absolute Gasteiger partial charge is 0.454 e. The summed E-state index contributed by atoms with van der Waals surface area (Å²) in [5.41, 5.74) is 19.0. The van der Waals surface area contributed by atoms with Crippen molar-refractivity contribution in [1.82, 2.24) is 0 Å². The van der Waals surface area contributed by atoms with Gasteiger partial charge in [0.1, 0.15) is 5.58 Å². The summed E-state index contributed by atoms with van der Waals surface area (Å²) in [5, 5.41) is 2.28. The van der Waals surface area contributed by atoms with Crippen molar-refractivity contribution in [2.75, 3.05) is 4.90 Å². The van der Waals surface area contributed by atoms with Crippen molar-refractivity contribution < 1.29 is 4.42 Å². The van der Waals surface area contributed by atoms with Crippen LogP contribution >= 0.6 is 0 Å². The highest BCUT2D eigenvalue weighted by Gasteiger charge is 2.45. The minimum absolute atomic E-state index is 0.0810. The maximum absolute atomic E-state index is 6.70. The first-order valence-corrected chi connectivity index (χ1v) is 18.8. The summed E-state index contributed by atoms with van der Waals surface area (Å²) in [7, 11) is 0. The molecule has 2 heteroatoms. The lowest BCUT2D eigenvalue weighted by molar-refractivity contribution is 0.550. The number of hydrogen-bond donors (Lipinski definition) is 0. The molecular weight excluding hydrogens is 631 g/mol. The fourth-order valence-corrected chi connectivity index (χ4v) is 10.3. The van der Waals surface area contributed by atoms with Gasteiger partial charge < -0.3 is 9.32 Å². The number of anilines is 3. The first kappa shape index (κ1) is 29.8. The Labute approximate surface area is 305 Å². The van der Waals surface area contributed by atoms with Gasteiger partial charge in [-0.3, -0.25) is 0 Å². The van der Waals surface area contributed by atoms with Crippen molar-refractivity contribution in [3.63, 3.8) is 0 Å². The second-order valence-corrected chi connectivity index (χ2v) is 15.6. The fourth-order valence-electron chi connectivity index (χ4n) is 10.3. The molecule has 7 aromatic carbocycles. The molecule has 3 aliphatic rings. The van der Waals surface area contributed by atoms with Gasteiger partial charge >= 0.3 is 0 Å². The standard InChI is InChI=1S/C50H39NO/c1-49(2)42-19-6-3-14-37(42)40-17-11-16-35(47(40)49)32-23-25-33(26-24-32)51(45-21-12-18-41-39-15-5-8-22-46(39)52-48(41)45)34-27-28-38-36-13-4-7-20-43(36)50(44(38)31-34)29-9-10-30-50/h3-8,11-28,31H,9-10,29-30H2,1-2H3. The molecule has 2 nitrogen and oxygen atoms in total. The number of para-hydroxylation sites is 2. The molecule has 1 saturated carbocycles. The van der Waals surface area contributed by atoms with E-state index in [0.29, 0.717) is 0 Å². The average Bonchev–Trinajstić information content (AvgIpc) is 3.95. The van der Waals surface area contributed by atoms with Gasteiger partial charge in [-0.1, -0.05) is 142 Å². The van der Waals surface area contributed by atoms with Crippen molar-refractivity contribution in [1.29, 1.82) is 0 Å². The molecule has 1 spiro atoms. The number of furan rings is 1. The van der Waals surface area contributed by atoms with E-state index in [1.54, 1.807) is 0 Å². The Morgan fingerprint density at radius 2 is 1.12 bits per heavy atom. The smallest absolute Gasteiger partial charge is 0.159 e. The Bertz CT molecular complexity index is 2720. The lowest BCUT2D eigenvalue weighted by Gasteiger charge is -2.30. The van der Waals surface area contributed by atoms with Crippen LogP contribution in [0.3, 0.4) is 0 Å². The van der Waals surface area contributed by atoms with Gasteiger partial charge in [-0.15, -0.1) is 0 Å². The van der Waals surface area contributed by atoms with E-state index in [9.17, 15) is 0 Å². The second kappa shape index (κ2) is 10.8. The molecule has 11 rings (SSSR count). The summed E-state index contributed by atoms with van der Waals surface area (Å²) < 4.78 is 6.70. The monoisotopic (exact) mass is 669 g/mol. The van der Waals surface area contributed by atoms with Crippen molar-refractivity contribution >= 4 is 39.0 Å². The Kier molecular flexibility index (Phi) is 6.21. The summed E-state index contributed by atoms with van der Waals surface area (Å²) >= 11 is 0. The molecular formula is C50H39NO. The van der Waals surface area contributed by atoms with Crippen LogP contribution in [0.2, 0.25) is 0 Å². The van der Waals surface area contributed by atoms with Crippen molar-refractivity contribution in [2.45, 2.75) is 50.4 Å². The summed E-state index contributed by atoms with van der Waals surface area (Å²) in [4.78, 5) is 2.43. The zero-order valence-corrected chi connectivity index (χ0v) is 29.6. The van der Waals surface area contributed by atoms with E-state index in [2.05, 4.69) is 170 Å². The van der Waals surface area contributed by atoms with Crippen LogP contribution in [0.1, 0.15) is 61.8 Å². The Morgan fingerprint density at radius 3 is 1.94 bits per heavy atom. The Hall–Kier alpha value is -5.86. The molecule has 1 fully saturated rings. The van der Waals surface area contributed by atoms with Crippen LogP contribution in [0.25, 0.3) is 55.3 Å². The van der Waals surface area contributed by atoms with Gasteiger partial charge in [-0.05, 0) is 105 Å². The van der Waals surface area contributed by atoms with Crippen LogP contribution in [-0.2, 0) is 10.8 Å². The summed E-state index contributed by atoms with van der Waals surface area (Å²) in [6, 6.07) is 56.3. The van der Waals surface area contributed by atoms with Gasteiger partial charge in [-0.25, -0.2) is 0 Å². The highest BCUT2D eigenvalue weighted by Crippen LogP contribution is 2.58. The number of hydrogen-bond acceptors (Lipinski definition) is 2. The topological polar surface area (TPSA) is 16.4 Å². The third-order valence-corrected chi connectivity index (χ3v) is 12.6. The molecule has 52 heavy (non-hydrogen) atoms. The molecule has 1 heterocycles. The lowest BCUT2D eigenvalue weighted by atomic mass is 9.76. The van der Waals surface area contributed by atoms with Crippen LogP contribution < -0.4 is 4.90 Å². The maximum Gasteiger partial charge on any atom is 0.159 e. The molecule has 0 amide bonds. The molecule has 0 unspecified atom stereocenters. The van der Waals surface area contributed by atoms with Crippen LogP contribution in [0.5, 0.6) is 0 Å². The number of fused-ring (bicyclic) bond motifs is 11. The highest BCUT2D eigenvalue weighted by atomic mass is 16.3. The number of benzene rings is 7. The molecule has 0 radical (unpaired) electrons. The molecule has 0 aliphatic heterocycles. The third-order valence-electron chi connectivity index (χ3n) is 12.6. The fraction of sp³-hybridized carbons (Fsp3) is 0.160. The van der Waals surface area contributed by atoms with E-state index in [1.807, 2.05) is 0 Å². The van der Waals surface area contributed by atoms with Crippen molar-refractivity contribution in [2.24, 2.45) is 0 Å². The predicted octanol–water partition coefficient (Wildman–Crippen LogP) is 13.9. The molecule has 0 atom stereocenters. The normalized spacial score (nSPS) is 15.9. The van der Waals surface area contributed by atoms with Crippen LogP contribution in [0, 0.1) is 0 Å². The van der Waals surface area contributed by atoms with Gasteiger partial charge in [0.2, 0.25) is 0 Å². The van der Waals surface area contributed by atoms with Crippen LogP contribution in [-0.4, -0.2) is 0 Å². The SMILES string of the molecule is CC1(C)c2ccccc2-c2cccc(-c3ccc(N(c4ccc5c(c4)C4(CCCC4)c4ccccc4-5)c4cccc5c4oc4ccccc45)cc3)c21. The van der Waals surface area contributed by atoms with Gasteiger partial charge in [0, 0.05) is 33.0 Å². The van der Waals surface area contributed by atoms with Gasteiger partial charge in [0.25, 0.3) is 0 Å². The van der Waals surface area contributed by atoms with E-state index in [1.165, 1.54) is 81.3 Å². The molecule has 8 aromatic rings. The second-order valence-electron chi connectivity index (χ2n) is 15.6. The first-order chi connectivity index (χ1) is 25.5. The summed E-state index contributed by atoms with van der Waals surface area (Å²) in [5.74, 6) is 0. The summed E-state index contributed by atoms with van der Waals surface area (Å²) in [6.45, 7) is 4.74. The Morgan fingerprint density at radius 1 is 0.500 bits per heavy atom. The molecule has 0 bridgehead atoms. The predicted molar refractivity (Wildman–Crippen MR) is 216 cm³/mol. The zero-order chi connectivity index (χ0) is 34.6. The summed E-state index contributed by atoms with van der Waals surface area (Å²) in [6.07, 6.45) is 4.95. The highest BCUT2D eigenvalue weighted by molar-refractivity contribution is 6.10. The van der Waals surface area contributed by atoms with Crippen LogP contribution in [0.15, 0.2) is 156 Å². The minimum Gasteiger partial charge on any atom is -0.454 e.